The van der Waals surface area contributed by atoms with E-state index < -0.39 is 0 Å². The standard InChI is InChI=1S/C13H13N5O/c14-13-9-2-1-6-15-10(9)3-4-11(13)16-7-5-12-17-8-18-19-12/h1-4,6,8,16H,5,7,14H2. The van der Waals surface area contributed by atoms with Gasteiger partial charge >= 0.3 is 0 Å². The molecule has 3 N–H and O–H groups in total. The number of fused-ring (bicyclic) bond motifs is 1. The lowest BCUT2D eigenvalue weighted by Gasteiger charge is -2.10. The fourth-order valence-corrected chi connectivity index (χ4v) is 1.94. The van der Waals surface area contributed by atoms with E-state index in [0.29, 0.717) is 24.5 Å². The Balaban J connectivity index is 1.76. The van der Waals surface area contributed by atoms with Crippen LogP contribution in [0.1, 0.15) is 5.89 Å². The van der Waals surface area contributed by atoms with Crippen LogP contribution in [-0.4, -0.2) is 21.7 Å². The van der Waals surface area contributed by atoms with Crippen molar-refractivity contribution in [1.82, 2.24) is 15.1 Å². The molecule has 0 unspecified atom stereocenters. The SMILES string of the molecule is Nc1c(NCCc2ncno2)ccc2ncccc12. The van der Waals surface area contributed by atoms with Crippen molar-refractivity contribution in [3.63, 3.8) is 0 Å². The fraction of sp³-hybridized carbons (Fsp3) is 0.154. The molecule has 0 radical (unpaired) electrons. The van der Waals surface area contributed by atoms with Gasteiger partial charge in [-0.1, -0.05) is 5.16 Å². The summed E-state index contributed by atoms with van der Waals surface area (Å²) in [6.45, 7) is 0.679. The number of nitrogens with one attached hydrogen (secondary N) is 1. The quantitative estimate of drug-likeness (QED) is 0.691. The first kappa shape index (κ1) is 11.5. The van der Waals surface area contributed by atoms with Crippen molar-refractivity contribution in [1.29, 1.82) is 0 Å². The van der Waals surface area contributed by atoms with Crippen LogP contribution in [0.2, 0.25) is 0 Å². The summed E-state index contributed by atoms with van der Waals surface area (Å²) >= 11 is 0. The maximum absolute atomic E-state index is 6.12. The summed E-state index contributed by atoms with van der Waals surface area (Å²) in [5, 5.41) is 7.77. The molecular formula is C13H13N5O. The van der Waals surface area contributed by atoms with Gasteiger partial charge in [-0.05, 0) is 24.3 Å². The van der Waals surface area contributed by atoms with Crippen LogP contribution in [0, 0.1) is 0 Å². The monoisotopic (exact) mass is 255 g/mol. The summed E-state index contributed by atoms with van der Waals surface area (Å²) in [5.74, 6) is 0.605. The summed E-state index contributed by atoms with van der Waals surface area (Å²) in [7, 11) is 0. The number of hydrogen-bond donors (Lipinski definition) is 2. The van der Waals surface area contributed by atoms with Crippen molar-refractivity contribution in [2.75, 3.05) is 17.6 Å². The lowest BCUT2D eigenvalue weighted by molar-refractivity contribution is 0.380. The molecule has 6 heteroatoms. The largest absolute Gasteiger partial charge is 0.397 e. The Morgan fingerprint density at radius 1 is 1.21 bits per heavy atom. The van der Waals surface area contributed by atoms with Crippen molar-refractivity contribution in [2.45, 2.75) is 6.42 Å². The molecule has 3 rings (SSSR count). The van der Waals surface area contributed by atoms with E-state index in [1.807, 2.05) is 24.3 Å². The normalized spacial score (nSPS) is 10.7. The van der Waals surface area contributed by atoms with Gasteiger partial charge in [-0.2, -0.15) is 4.98 Å². The summed E-state index contributed by atoms with van der Waals surface area (Å²) in [4.78, 5) is 8.22. The molecule has 96 valence electrons. The predicted octanol–water partition coefficient (Wildman–Crippen LogP) is 1.85. The molecule has 0 saturated carbocycles. The molecule has 0 aliphatic rings. The number of anilines is 2. The first-order chi connectivity index (χ1) is 9.34. The van der Waals surface area contributed by atoms with Gasteiger partial charge < -0.3 is 15.6 Å². The van der Waals surface area contributed by atoms with Gasteiger partial charge in [-0.25, -0.2) is 0 Å². The van der Waals surface area contributed by atoms with Crippen molar-refractivity contribution in [3.8, 4) is 0 Å². The Bertz CT molecular complexity index is 681. The molecule has 0 spiro atoms. The van der Waals surface area contributed by atoms with Gasteiger partial charge in [0.05, 0.1) is 16.9 Å². The zero-order chi connectivity index (χ0) is 13.1. The number of nitrogens with two attached hydrogens (primary N) is 1. The molecule has 0 saturated heterocycles. The molecule has 2 heterocycles. The topological polar surface area (TPSA) is 89.9 Å². The van der Waals surface area contributed by atoms with Crippen LogP contribution in [0.15, 0.2) is 41.3 Å². The molecule has 6 nitrogen and oxygen atoms in total. The summed E-state index contributed by atoms with van der Waals surface area (Å²) < 4.78 is 4.93. The number of benzene rings is 1. The van der Waals surface area contributed by atoms with E-state index in [9.17, 15) is 0 Å². The Labute approximate surface area is 109 Å². The fourth-order valence-electron chi connectivity index (χ4n) is 1.94. The van der Waals surface area contributed by atoms with Crippen LogP contribution in [0.3, 0.4) is 0 Å². The zero-order valence-electron chi connectivity index (χ0n) is 10.2. The van der Waals surface area contributed by atoms with Crippen molar-refractivity contribution in [3.05, 3.63) is 42.7 Å². The van der Waals surface area contributed by atoms with Crippen LogP contribution in [-0.2, 0) is 6.42 Å². The van der Waals surface area contributed by atoms with E-state index in [0.717, 1.165) is 16.6 Å². The van der Waals surface area contributed by atoms with Gasteiger partial charge in [0, 0.05) is 24.5 Å². The number of rotatable bonds is 4. The minimum Gasteiger partial charge on any atom is -0.397 e. The summed E-state index contributed by atoms with van der Waals surface area (Å²) in [5.41, 5.74) is 8.61. The molecule has 2 aromatic heterocycles. The Kier molecular flexibility index (Phi) is 2.97. The Hall–Kier alpha value is -2.63. The zero-order valence-corrected chi connectivity index (χ0v) is 10.2. The highest BCUT2D eigenvalue weighted by atomic mass is 16.5. The van der Waals surface area contributed by atoms with E-state index in [-0.39, 0.29) is 0 Å². The number of pyridine rings is 1. The number of aromatic nitrogens is 3. The van der Waals surface area contributed by atoms with E-state index in [1.165, 1.54) is 6.33 Å². The highest BCUT2D eigenvalue weighted by molar-refractivity contribution is 5.96. The minimum atomic E-state index is 0.605. The molecule has 0 aliphatic heterocycles. The van der Waals surface area contributed by atoms with Crippen molar-refractivity contribution < 1.29 is 4.52 Å². The summed E-state index contributed by atoms with van der Waals surface area (Å²) in [6.07, 6.45) is 3.81. The Morgan fingerprint density at radius 2 is 2.16 bits per heavy atom. The van der Waals surface area contributed by atoms with E-state index in [2.05, 4.69) is 20.4 Å². The molecule has 0 aliphatic carbocycles. The van der Waals surface area contributed by atoms with Crippen LogP contribution >= 0.6 is 0 Å². The average Bonchev–Trinajstić information content (AvgIpc) is 2.95. The van der Waals surface area contributed by atoms with Gasteiger partial charge in [-0.3, -0.25) is 4.98 Å². The second-order valence-electron chi connectivity index (χ2n) is 4.11. The maximum Gasteiger partial charge on any atom is 0.228 e. The third kappa shape index (κ3) is 2.33. The first-order valence-electron chi connectivity index (χ1n) is 5.97. The maximum atomic E-state index is 6.12. The number of nitrogen functional groups attached to an aromatic ring is 1. The van der Waals surface area contributed by atoms with E-state index in [4.69, 9.17) is 10.3 Å². The van der Waals surface area contributed by atoms with Gasteiger partial charge in [0.25, 0.3) is 0 Å². The number of hydrogen-bond acceptors (Lipinski definition) is 6. The lowest BCUT2D eigenvalue weighted by Crippen LogP contribution is -2.07. The molecule has 19 heavy (non-hydrogen) atoms. The molecule has 3 aromatic rings. The molecule has 0 atom stereocenters. The third-order valence-corrected chi connectivity index (χ3v) is 2.89. The van der Waals surface area contributed by atoms with Gasteiger partial charge in [0.2, 0.25) is 5.89 Å². The van der Waals surface area contributed by atoms with Gasteiger partial charge in [0.1, 0.15) is 0 Å². The summed E-state index contributed by atoms with van der Waals surface area (Å²) in [6, 6.07) is 7.71. The smallest absolute Gasteiger partial charge is 0.228 e. The van der Waals surface area contributed by atoms with Crippen LogP contribution in [0.4, 0.5) is 11.4 Å². The van der Waals surface area contributed by atoms with Gasteiger partial charge in [-0.15, -0.1) is 0 Å². The molecule has 0 fully saturated rings. The second-order valence-corrected chi connectivity index (χ2v) is 4.11. The predicted molar refractivity (Wildman–Crippen MR) is 72.6 cm³/mol. The first-order valence-corrected chi connectivity index (χ1v) is 5.97. The van der Waals surface area contributed by atoms with Gasteiger partial charge in [0.15, 0.2) is 6.33 Å². The third-order valence-electron chi connectivity index (χ3n) is 2.89. The molecule has 0 bridgehead atoms. The average molecular weight is 255 g/mol. The van der Waals surface area contributed by atoms with E-state index in [1.54, 1.807) is 6.20 Å². The number of nitrogens with zero attached hydrogens (tertiary/aromatic N) is 3. The van der Waals surface area contributed by atoms with Crippen LogP contribution in [0.25, 0.3) is 10.9 Å². The molecular weight excluding hydrogens is 242 g/mol. The Morgan fingerprint density at radius 3 is 3.00 bits per heavy atom. The minimum absolute atomic E-state index is 0.605. The molecule has 0 amide bonds. The second kappa shape index (κ2) is 4.93. The van der Waals surface area contributed by atoms with Crippen molar-refractivity contribution >= 4 is 22.3 Å². The van der Waals surface area contributed by atoms with Crippen molar-refractivity contribution in [2.24, 2.45) is 0 Å². The van der Waals surface area contributed by atoms with E-state index >= 15 is 0 Å². The highest BCUT2D eigenvalue weighted by Crippen LogP contribution is 2.27. The van der Waals surface area contributed by atoms with Crippen LogP contribution in [0.5, 0.6) is 0 Å². The van der Waals surface area contributed by atoms with Crippen LogP contribution < -0.4 is 11.1 Å². The lowest BCUT2D eigenvalue weighted by atomic mass is 10.1. The highest BCUT2D eigenvalue weighted by Gasteiger charge is 2.05. The molecule has 1 aromatic carbocycles.